The maximum atomic E-state index is 8.71. The van der Waals surface area contributed by atoms with Gasteiger partial charge in [-0.3, -0.25) is 19.9 Å². The van der Waals surface area contributed by atoms with Gasteiger partial charge in [0.25, 0.3) is 0 Å². The number of rotatable bonds is 3. The van der Waals surface area contributed by atoms with Gasteiger partial charge >= 0.3 is 0 Å². The number of imidazole rings is 4. The largest absolute Gasteiger partial charge is 0.338 e. The van der Waals surface area contributed by atoms with Crippen molar-refractivity contribution in [3.05, 3.63) is 311 Å². The van der Waals surface area contributed by atoms with Crippen LogP contribution >= 0.6 is 0 Å². The second-order valence-electron chi connectivity index (χ2n) is 23.3. The minimum atomic E-state index is -0.547. The molecule has 0 bridgehead atoms. The summed E-state index contributed by atoms with van der Waals surface area (Å²) in [6, 6.07) is 35.3. The van der Waals surface area contributed by atoms with Crippen molar-refractivity contribution in [1.82, 2.24) is 37.7 Å². The minimum absolute atomic E-state index is 0. The van der Waals surface area contributed by atoms with Gasteiger partial charge < -0.3 is 17.8 Å². The number of nitrogens with zero attached hydrogens (tertiary/aromatic N) is 8. The maximum absolute atomic E-state index is 8.71. The van der Waals surface area contributed by atoms with Crippen LogP contribution in [-0.2, 0) is 80.4 Å². The number of aryl methyl sites for hydroxylation is 5. The first kappa shape index (κ1) is 45.5. The molecule has 7 aromatic heterocycles. The summed E-state index contributed by atoms with van der Waals surface area (Å²) in [5.41, 5.74) is 13.1. The third-order valence-electron chi connectivity index (χ3n) is 17.3. The Labute approximate surface area is 662 Å². The molecule has 0 amide bonds. The van der Waals surface area contributed by atoms with E-state index in [1.54, 1.807) is 27.7 Å². The Balaban J connectivity index is 0.000000151. The molecule has 0 fully saturated rings. The van der Waals surface area contributed by atoms with E-state index in [9.17, 15) is 0 Å². The average molecular weight is 2020 g/mol. The van der Waals surface area contributed by atoms with E-state index in [4.69, 9.17) is 32.9 Å². The Morgan fingerprint density at radius 3 is 1.41 bits per heavy atom. The smallest absolute Gasteiger partial charge is 0.104 e. The van der Waals surface area contributed by atoms with Gasteiger partial charge in [0.2, 0.25) is 0 Å². The molecule has 12 aromatic carbocycles. The summed E-state index contributed by atoms with van der Waals surface area (Å²) in [6.45, 7) is 16.6. The molecule has 99 heavy (non-hydrogen) atoms. The van der Waals surface area contributed by atoms with Gasteiger partial charge in [0.1, 0.15) is 1.37 Å². The molecule has 0 N–H and O–H groups in total. The summed E-state index contributed by atoms with van der Waals surface area (Å²) in [6.07, 6.45) is -0.0497. The Kier molecular flexibility index (Phi) is 13.1. The van der Waals surface area contributed by atoms with Gasteiger partial charge in [0.15, 0.2) is 0 Å². The molecular weight excluding hydrogens is 1930 g/mol. The molecule has 7 heterocycles. The van der Waals surface area contributed by atoms with E-state index in [1.165, 1.54) is 30.9 Å². The molecule has 0 aliphatic carbocycles. The number of benzene rings is 12. The molecule has 4 radical (unpaired) electrons. The van der Waals surface area contributed by atoms with Gasteiger partial charge in [0, 0.05) is 149 Å². The zero-order chi connectivity index (χ0) is 85.6. The average Bonchev–Trinajstić information content (AvgIpc) is 1.62. The standard InChI is InChI=1S/C24H19N2.2C23H17N2.C17H13N2.4Ir/c1-15-11-12-21-20(13-15)18-9-4-5-10-19(18)24-25-14-22(26(21)24)23-16(2)7-6-8-17(23)3;1-15-8-7-9-16(2)22(15)25-14-24-21-19-12-5-3-10-17(19)18-11-4-6-13-20(18)23(21)25;1-15-8-7-9-16(2)22(15)21-14-24-23-19-12-4-3-10-17(19)18-11-5-6-13-20(18)25(21)23;1-11-7-8-16-15(9-11)13-5-3-4-6-14(13)17-18-10-12(2)19(16)17;;;;/h4-9,11-14H,1-3H3;2*3-11,13-14H,1-2H3;3-5,7-10H,1-2H3;;;;/q4*-1;;;;/i14D;2*3D,4D,5D,6D,7D,8D,9D,10D,11D,13D,14D;10D;;;;. The molecule has 0 atom stereocenters. The van der Waals surface area contributed by atoms with E-state index in [0.717, 1.165) is 72.0 Å². The predicted molar refractivity (Wildman–Crippen MR) is 396 cm³/mol. The van der Waals surface area contributed by atoms with Crippen molar-refractivity contribution >= 4 is 115 Å². The maximum Gasteiger partial charge on any atom is 0.104 e. The van der Waals surface area contributed by atoms with Crippen molar-refractivity contribution in [3.63, 3.8) is 0 Å². The first-order chi connectivity index (χ1) is 56.3. The van der Waals surface area contributed by atoms with E-state index in [0.29, 0.717) is 23.5 Å². The van der Waals surface area contributed by atoms with Gasteiger partial charge in [-0.2, -0.15) is 0 Å². The number of hydrogen-bond acceptors (Lipinski definition) is 4. The molecule has 0 aliphatic rings. The number of para-hydroxylation sites is 2. The summed E-state index contributed by atoms with van der Waals surface area (Å²) < 4.78 is 207. The fourth-order valence-electron chi connectivity index (χ4n) is 13.1. The molecule has 8 nitrogen and oxygen atoms in total. The first-order valence-corrected chi connectivity index (χ1v) is 30.4. The molecule has 0 saturated carbocycles. The summed E-state index contributed by atoms with van der Waals surface area (Å²) in [7, 11) is 0. The number of aromatic nitrogens is 8. The predicted octanol–water partition coefficient (Wildman–Crippen LogP) is 21.6. The van der Waals surface area contributed by atoms with Crippen molar-refractivity contribution in [2.24, 2.45) is 0 Å². The SMILES string of the molecule is [2H]c1[c-]c2c(c([2H])c1[2H])c1c([2H])c([2H])c([2H])c([2H])c1n1c(-c3c(C)c([2H])c([2H])c([2H])c3C)c([2H])nc21.[2H]c1[c-]c2c3nc([2H])n(-c4c(C)c([2H])c([2H])c([2H])c4C)c3c3c([2H])c([2H])c([2H])c([2H])c3c2c([2H])c1[2H].[2H]c1nc2c3[c-]cccc3c3cc(C)ccc3n2c1-c1c(C)cccc1C.[2H]c1nc2c3[c-]cccc3c3cc(C)ccc3n2c1C.[Ir].[Ir].[Ir].[Ir]. The van der Waals surface area contributed by atoms with Gasteiger partial charge in [-0.05, 0) is 138 Å². The van der Waals surface area contributed by atoms with E-state index >= 15 is 0 Å². The second kappa shape index (κ2) is 28.6. The van der Waals surface area contributed by atoms with Crippen LogP contribution in [0.25, 0.3) is 143 Å². The van der Waals surface area contributed by atoms with Gasteiger partial charge in [-0.1, -0.05) is 159 Å². The van der Waals surface area contributed by atoms with Gasteiger partial charge in [-0.25, -0.2) is 0 Å². The van der Waals surface area contributed by atoms with Crippen LogP contribution in [0.3, 0.4) is 0 Å². The van der Waals surface area contributed by atoms with Crippen LogP contribution in [0, 0.1) is 86.6 Å². The van der Waals surface area contributed by atoms with Gasteiger partial charge in [0.05, 0.1) is 63.6 Å². The van der Waals surface area contributed by atoms with Crippen LogP contribution in [0.4, 0.5) is 0 Å². The normalized spacial score (nSPS) is 14.6. The minimum Gasteiger partial charge on any atom is -0.338 e. The van der Waals surface area contributed by atoms with E-state index in [-0.39, 0.29) is 217 Å². The summed E-state index contributed by atoms with van der Waals surface area (Å²) in [4.78, 5) is 17.7. The third-order valence-corrected chi connectivity index (χ3v) is 17.3. The van der Waals surface area contributed by atoms with E-state index < -0.39 is 84.6 Å². The quantitative estimate of drug-likeness (QED) is 0.131. The van der Waals surface area contributed by atoms with Crippen molar-refractivity contribution in [2.45, 2.75) is 62.3 Å². The first-order valence-electron chi connectivity index (χ1n) is 42.4. The molecular formula is C87H66Ir4N8-4. The molecule has 19 rings (SSSR count). The Morgan fingerprint density at radius 2 is 0.818 bits per heavy atom. The summed E-state index contributed by atoms with van der Waals surface area (Å²) in [5.74, 6) is 0. The van der Waals surface area contributed by atoms with Crippen LogP contribution in [0.1, 0.15) is 83.1 Å². The Bertz CT molecular complexity index is 7480. The topological polar surface area (TPSA) is 69.7 Å². The molecule has 0 aliphatic heterocycles. The zero-order valence-electron chi connectivity index (χ0n) is 78.1. The van der Waals surface area contributed by atoms with Crippen molar-refractivity contribution in [3.8, 4) is 28.2 Å². The van der Waals surface area contributed by atoms with Crippen molar-refractivity contribution in [2.75, 3.05) is 0 Å². The second-order valence-corrected chi connectivity index (χ2v) is 23.3. The number of hydrogen-bond donors (Lipinski definition) is 0. The van der Waals surface area contributed by atoms with Crippen LogP contribution in [0.2, 0.25) is 0 Å². The number of fused-ring (bicyclic) bond motifs is 24. The molecule has 12 heteroatoms. The van der Waals surface area contributed by atoms with Crippen LogP contribution < -0.4 is 0 Å². The molecule has 0 saturated heterocycles. The monoisotopic (exact) mass is 2020 g/mol. The summed E-state index contributed by atoms with van der Waals surface area (Å²) >= 11 is 0. The van der Waals surface area contributed by atoms with Gasteiger partial charge in [-0.15, -0.1) is 118 Å². The van der Waals surface area contributed by atoms with Crippen LogP contribution in [0.15, 0.2) is 237 Å². The fraction of sp³-hybridized carbons (Fsp3) is 0.103. The van der Waals surface area contributed by atoms with E-state index in [1.807, 2.05) is 31.2 Å². The fourth-order valence-corrected chi connectivity index (χ4v) is 13.1. The Morgan fingerprint density at radius 1 is 0.354 bits per heavy atom. The molecule has 494 valence electrons. The third kappa shape index (κ3) is 11.9. The van der Waals surface area contributed by atoms with Crippen molar-refractivity contribution < 1.29 is 113 Å². The number of pyridine rings is 3. The summed E-state index contributed by atoms with van der Waals surface area (Å²) in [5, 5.41) is 6.43. The molecule has 19 aromatic rings. The Hall–Kier alpha value is -9.14. The van der Waals surface area contributed by atoms with Crippen LogP contribution in [0.5, 0.6) is 0 Å². The molecule has 0 spiro atoms. The molecule has 0 unspecified atom stereocenters. The van der Waals surface area contributed by atoms with Crippen LogP contribution in [-0.4, -0.2) is 37.7 Å². The zero-order valence-corrected chi connectivity index (χ0v) is 63.7. The van der Waals surface area contributed by atoms with E-state index in [2.05, 4.69) is 147 Å². The van der Waals surface area contributed by atoms with Crippen molar-refractivity contribution in [1.29, 1.82) is 0 Å².